The largest absolute Gasteiger partial charge is 0.497 e. The van der Waals surface area contributed by atoms with Crippen LogP contribution in [0, 0.1) is 0 Å². The maximum Gasteiger partial charge on any atom is 0.120 e. The lowest BCUT2D eigenvalue weighted by Gasteiger charge is -2.23. The molecule has 0 aliphatic carbocycles. The molecule has 0 heterocycles. The quantitative estimate of drug-likeness (QED) is 0.768. The van der Waals surface area contributed by atoms with Gasteiger partial charge < -0.3 is 14.4 Å². The molecule has 0 spiro atoms. The second kappa shape index (κ2) is 7.43. The lowest BCUT2D eigenvalue weighted by atomic mass is 10.2. The summed E-state index contributed by atoms with van der Waals surface area (Å²) in [5.41, 5.74) is 1.16. The Morgan fingerprint density at radius 3 is 2.40 bits per heavy atom. The summed E-state index contributed by atoms with van der Waals surface area (Å²) in [5, 5.41) is 0. The Balaban J connectivity index is 1.91. The number of methoxy groups -OCH3 is 1. The molecule has 0 bridgehead atoms. The molecule has 0 atom stereocenters. The fraction of sp³-hybridized carbons (Fsp3) is 0.294. The van der Waals surface area contributed by atoms with Crippen molar-refractivity contribution in [1.29, 1.82) is 0 Å². The minimum absolute atomic E-state index is 0.662. The van der Waals surface area contributed by atoms with Crippen molar-refractivity contribution in [3.05, 3.63) is 54.6 Å². The number of ether oxygens (including phenoxy) is 2. The van der Waals surface area contributed by atoms with Crippen LogP contribution < -0.4 is 14.4 Å². The molecule has 0 N–H and O–H groups in total. The van der Waals surface area contributed by atoms with Crippen molar-refractivity contribution in [2.45, 2.75) is 6.92 Å². The zero-order valence-corrected chi connectivity index (χ0v) is 12.1. The summed E-state index contributed by atoms with van der Waals surface area (Å²) < 4.78 is 11.0. The topological polar surface area (TPSA) is 21.7 Å². The third kappa shape index (κ3) is 3.92. The van der Waals surface area contributed by atoms with E-state index in [9.17, 15) is 0 Å². The zero-order chi connectivity index (χ0) is 14.2. The number of hydrogen-bond acceptors (Lipinski definition) is 3. The first-order valence-electron chi connectivity index (χ1n) is 6.90. The maximum absolute atomic E-state index is 5.74. The second-order valence-corrected chi connectivity index (χ2v) is 4.44. The van der Waals surface area contributed by atoms with Crippen LogP contribution in [0.2, 0.25) is 0 Å². The van der Waals surface area contributed by atoms with Crippen LogP contribution in [0.1, 0.15) is 6.92 Å². The standard InChI is InChI=1S/C17H21NO2/c1-3-18(15-8-7-11-17(14-15)19-2)12-13-20-16-9-5-4-6-10-16/h4-11,14H,3,12-13H2,1-2H3. The van der Waals surface area contributed by atoms with E-state index in [1.54, 1.807) is 7.11 Å². The molecular weight excluding hydrogens is 250 g/mol. The summed E-state index contributed by atoms with van der Waals surface area (Å²) in [6, 6.07) is 18.0. The Morgan fingerprint density at radius 2 is 1.70 bits per heavy atom. The highest BCUT2D eigenvalue weighted by molar-refractivity contribution is 5.50. The van der Waals surface area contributed by atoms with Crippen LogP contribution in [0.4, 0.5) is 5.69 Å². The summed E-state index contributed by atoms with van der Waals surface area (Å²) in [7, 11) is 1.69. The average Bonchev–Trinajstić information content (AvgIpc) is 2.52. The molecule has 0 fully saturated rings. The number of nitrogens with zero attached hydrogens (tertiary/aromatic N) is 1. The SMILES string of the molecule is CCN(CCOc1ccccc1)c1cccc(OC)c1. The molecule has 0 saturated carbocycles. The lowest BCUT2D eigenvalue weighted by Crippen LogP contribution is -2.28. The van der Waals surface area contributed by atoms with Crippen LogP contribution in [0.5, 0.6) is 11.5 Å². The van der Waals surface area contributed by atoms with E-state index in [2.05, 4.69) is 17.9 Å². The van der Waals surface area contributed by atoms with Crippen LogP contribution in [0.25, 0.3) is 0 Å². The molecule has 2 aromatic rings. The van der Waals surface area contributed by atoms with Crippen molar-refractivity contribution in [2.24, 2.45) is 0 Å². The van der Waals surface area contributed by atoms with E-state index in [4.69, 9.17) is 9.47 Å². The molecule has 0 aromatic heterocycles. The zero-order valence-electron chi connectivity index (χ0n) is 12.1. The number of para-hydroxylation sites is 1. The molecule has 0 radical (unpaired) electrons. The van der Waals surface area contributed by atoms with Gasteiger partial charge in [-0.2, -0.15) is 0 Å². The van der Waals surface area contributed by atoms with Gasteiger partial charge in [0.1, 0.15) is 18.1 Å². The Kier molecular flexibility index (Phi) is 5.30. The first-order chi connectivity index (χ1) is 9.83. The van der Waals surface area contributed by atoms with Gasteiger partial charge in [0.25, 0.3) is 0 Å². The van der Waals surface area contributed by atoms with E-state index in [1.807, 2.05) is 48.5 Å². The Labute approximate surface area is 120 Å². The first-order valence-corrected chi connectivity index (χ1v) is 6.90. The average molecular weight is 271 g/mol. The first kappa shape index (κ1) is 14.3. The highest BCUT2D eigenvalue weighted by atomic mass is 16.5. The van der Waals surface area contributed by atoms with Gasteiger partial charge in [0.15, 0.2) is 0 Å². The molecule has 0 amide bonds. The molecule has 3 heteroatoms. The lowest BCUT2D eigenvalue weighted by molar-refractivity contribution is 0.324. The Hall–Kier alpha value is -2.16. The van der Waals surface area contributed by atoms with E-state index in [-0.39, 0.29) is 0 Å². The third-order valence-electron chi connectivity index (χ3n) is 3.17. The summed E-state index contributed by atoms with van der Waals surface area (Å²) in [6.45, 7) is 4.58. The van der Waals surface area contributed by atoms with Crippen molar-refractivity contribution in [3.8, 4) is 11.5 Å². The Morgan fingerprint density at radius 1 is 0.950 bits per heavy atom. The van der Waals surface area contributed by atoms with Gasteiger partial charge in [0.05, 0.1) is 13.7 Å². The van der Waals surface area contributed by atoms with Crippen molar-refractivity contribution >= 4 is 5.69 Å². The van der Waals surface area contributed by atoms with E-state index >= 15 is 0 Å². The molecular formula is C17H21NO2. The Bertz CT molecular complexity index is 513. The predicted octanol–water partition coefficient (Wildman–Crippen LogP) is 3.60. The molecule has 0 aliphatic heterocycles. The van der Waals surface area contributed by atoms with Gasteiger partial charge in [-0.1, -0.05) is 24.3 Å². The summed E-state index contributed by atoms with van der Waals surface area (Å²) in [4.78, 5) is 2.27. The summed E-state index contributed by atoms with van der Waals surface area (Å²) >= 11 is 0. The minimum atomic E-state index is 0.662. The fourth-order valence-electron chi connectivity index (χ4n) is 2.07. The highest BCUT2D eigenvalue weighted by Crippen LogP contribution is 2.20. The van der Waals surface area contributed by atoms with Gasteiger partial charge in [0.2, 0.25) is 0 Å². The minimum Gasteiger partial charge on any atom is -0.497 e. The number of rotatable bonds is 7. The monoisotopic (exact) mass is 271 g/mol. The van der Waals surface area contributed by atoms with Crippen molar-refractivity contribution in [3.63, 3.8) is 0 Å². The van der Waals surface area contributed by atoms with Crippen molar-refractivity contribution in [2.75, 3.05) is 31.7 Å². The molecule has 3 nitrogen and oxygen atoms in total. The van der Waals surface area contributed by atoms with E-state index in [0.29, 0.717) is 6.61 Å². The van der Waals surface area contributed by atoms with Gasteiger partial charge in [-0.05, 0) is 31.2 Å². The second-order valence-electron chi connectivity index (χ2n) is 4.44. The van der Waals surface area contributed by atoms with Crippen LogP contribution in [0.15, 0.2) is 54.6 Å². The van der Waals surface area contributed by atoms with Crippen molar-refractivity contribution < 1.29 is 9.47 Å². The number of likely N-dealkylation sites (N-methyl/N-ethyl adjacent to an activating group) is 1. The molecule has 0 unspecified atom stereocenters. The molecule has 2 rings (SSSR count). The van der Waals surface area contributed by atoms with Crippen LogP contribution >= 0.6 is 0 Å². The van der Waals surface area contributed by atoms with Gasteiger partial charge in [-0.15, -0.1) is 0 Å². The predicted molar refractivity (Wildman–Crippen MR) is 82.8 cm³/mol. The van der Waals surface area contributed by atoms with E-state index in [1.165, 1.54) is 0 Å². The molecule has 2 aromatic carbocycles. The number of anilines is 1. The van der Waals surface area contributed by atoms with Gasteiger partial charge in [0, 0.05) is 18.3 Å². The normalized spacial score (nSPS) is 10.1. The van der Waals surface area contributed by atoms with Gasteiger partial charge in [-0.3, -0.25) is 0 Å². The fourth-order valence-corrected chi connectivity index (χ4v) is 2.07. The molecule has 20 heavy (non-hydrogen) atoms. The molecule has 106 valence electrons. The van der Waals surface area contributed by atoms with Gasteiger partial charge in [-0.25, -0.2) is 0 Å². The maximum atomic E-state index is 5.74. The van der Waals surface area contributed by atoms with E-state index in [0.717, 1.165) is 30.3 Å². The number of hydrogen-bond donors (Lipinski definition) is 0. The van der Waals surface area contributed by atoms with Crippen LogP contribution in [0.3, 0.4) is 0 Å². The van der Waals surface area contributed by atoms with Crippen LogP contribution in [-0.2, 0) is 0 Å². The summed E-state index contributed by atoms with van der Waals surface area (Å²) in [5.74, 6) is 1.79. The molecule has 0 aliphatic rings. The smallest absolute Gasteiger partial charge is 0.120 e. The van der Waals surface area contributed by atoms with E-state index < -0.39 is 0 Å². The van der Waals surface area contributed by atoms with Crippen LogP contribution in [-0.4, -0.2) is 26.8 Å². The van der Waals surface area contributed by atoms with Gasteiger partial charge >= 0.3 is 0 Å². The molecule has 0 saturated heterocycles. The highest BCUT2D eigenvalue weighted by Gasteiger charge is 2.05. The number of benzene rings is 2. The van der Waals surface area contributed by atoms with Crippen molar-refractivity contribution in [1.82, 2.24) is 0 Å². The third-order valence-corrected chi connectivity index (χ3v) is 3.17. The summed E-state index contributed by atoms with van der Waals surface area (Å²) in [6.07, 6.45) is 0.